The number of halogens is 2. The second-order valence-corrected chi connectivity index (χ2v) is 9.27. The molecule has 37 heavy (non-hydrogen) atoms. The van der Waals surface area contributed by atoms with Crippen LogP contribution in [0.4, 0.5) is 11.4 Å². The van der Waals surface area contributed by atoms with Crippen molar-refractivity contribution in [3.05, 3.63) is 92.0 Å². The van der Waals surface area contributed by atoms with Crippen LogP contribution in [-0.4, -0.2) is 56.6 Å². The van der Waals surface area contributed by atoms with E-state index in [2.05, 4.69) is 4.90 Å². The molecule has 3 aromatic rings. The first kappa shape index (κ1) is 28.2. The van der Waals surface area contributed by atoms with E-state index >= 15 is 0 Å². The average molecular weight is 546 g/mol. The molecule has 3 aromatic carbocycles. The second kappa shape index (κ2) is 13.3. The number of amides is 1. The summed E-state index contributed by atoms with van der Waals surface area (Å²) in [6.07, 6.45) is 1.52. The number of nitrogens with zero attached hydrogens (tertiary/aromatic N) is 3. The summed E-state index contributed by atoms with van der Waals surface area (Å²) in [5.41, 5.74) is 2.01. The minimum Gasteiger partial charge on any atom is -0.493 e. The lowest BCUT2D eigenvalue weighted by Crippen LogP contribution is -2.34. The third-order valence-corrected chi connectivity index (χ3v) is 6.68. The molecule has 0 fully saturated rings. The Labute approximate surface area is 226 Å². The Kier molecular flexibility index (Phi) is 10.1. The predicted octanol–water partition coefficient (Wildman–Crippen LogP) is 6.13. The first-order valence-corrected chi connectivity index (χ1v) is 12.4. The normalized spacial score (nSPS) is 10.9. The quantitative estimate of drug-likeness (QED) is 0.201. The van der Waals surface area contributed by atoms with Gasteiger partial charge in [-0.1, -0.05) is 29.3 Å². The molecule has 0 aliphatic heterocycles. The van der Waals surface area contributed by atoms with Crippen LogP contribution in [0.5, 0.6) is 11.5 Å². The number of nitro benzene ring substituents is 1. The number of benzene rings is 3. The van der Waals surface area contributed by atoms with E-state index in [1.165, 1.54) is 24.3 Å². The highest BCUT2D eigenvalue weighted by Crippen LogP contribution is 2.29. The lowest BCUT2D eigenvalue weighted by Gasteiger charge is -2.25. The van der Waals surface area contributed by atoms with Crippen LogP contribution in [0.15, 0.2) is 60.7 Å². The third-order valence-electron chi connectivity index (χ3n) is 5.94. The van der Waals surface area contributed by atoms with Gasteiger partial charge in [0, 0.05) is 36.5 Å². The van der Waals surface area contributed by atoms with E-state index in [0.29, 0.717) is 45.8 Å². The Hall–Kier alpha value is -3.33. The number of likely N-dealkylation sites (N-methyl/N-ethyl adjacent to an activating group) is 1. The van der Waals surface area contributed by atoms with Crippen LogP contribution in [-0.2, 0) is 6.42 Å². The van der Waals surface area contributed by atoms with Gasteiger partial charge in [-0.3, -0.25) is 14.9 Å². The lowest BCUT2D eigenvalue weighted by atomic mass is 10.1. The van der Waals surface area contributed by atoms with Gasteiger partial charge in [-0.05, 0) is 74.5 Å². The van der Waals surface area contributed by atoms with Crippen molar-refractivity contribution in [3.63, 3.8) is 0 Å². The maximum absolute atomic E-state index is 13.4. The summed E-state index contributed by atoms with van der Waals surface area (Å²) in [4.78, 5) is 27.7. The maximum Gasteiger partial charge on any atom is 0.269 e. The van der Waals surface area contributed by atoms with Crippen LogP contribution in [0.2, 0.25) is 10.0 Å². The summed E-state index contributed by atoms with van der Waals surface area (Å²) in [6.45, 7) is 1.99. The smallest absolute Gasteiger partial charge is 0.269 e. The van der Waals surface area contributed by atoms with Crippen LogP contribution < -0.4 is 14.4 Å². The van der Waals surface area contributed by atoms with Gasteiger partial charge in [0.05, 0.1) is 29.2 Å². The van der Waals surface area contributed by atoms with Crippen molar-refractivity contribution >= 4 is 40.5 Å². The fourth-order valence-corrected chi connectivity index (χ4v) is 4.14. The minimum atomic E-state index is -0.497. The highest BCUT2D eigenvalue weighted by Gasteiger charge is 2.20. The molecule has 196 valence electrons. The fraction of sp³-hybridized carbons (Fsp3) is 0.296. The lowest BCUT2D eigenvalue weighted by molar-refractivity contribution is -0.384. The zero-order chi connectivity index (χ0) is 26.9. The first-order chi connectivity index (χ1) is 17.7. The summed E-state index contributed by atoms with van der Waals surface area (Å²) in [5.74, 6) is 1.12. The monoisotopic (exact) mass is 545 g/mol. The molecule has 1 amide bonds. The number of non-ortho nitro benzene ring substituents is 1. The van der Waals surface area contributed by atoms with Crippen LogP contribution in [0, 0.1) is 10.1 Å². The standard InChI is InChI=1S/C27H29Cl2N3O5/c1-30(16-13-19-5-12-25(36-2)26(17-19)37-3)14-4-15-31(22-10-11-23(28)24(29)18-22)27(33)20-6-8-21(9-7-20)32(34)35/h5-12,17-18H,4,13-16H2,1-3H3. The molecule has 0 atom stereocenters. The number of methoxy groups -OCH3 is 2. The van der Waals surface area contributed by atoms with Crippen molar-refractivity contribution in [2.75, 3.05) is 45.8 Å². The zero-order valence-electron chi connectivity index (χ0n) is 20.9. The maximum atomic E-state index is 13.4. The summed E-state index contributed by atoms with van der Waals surface area (Å²) >= 11 is 12.3. The van der Waals surface area contributed by atoms with Crippen LogP contribution in [0.3, 0.4) is 0 Å². The number of carbonyl (C=O) groups excluding carboxylic acids is 1. The number of nitro groups is 1. The summed E-state index contributed by atoms with van der Waals surface area (Å²) in [5, 5.41) is 11.7. The van der Waals surface area contributed by atoms with Gasteiger partial charge >= 0.3 is 0 Å². The summed E-state index contributed by atoms with van der Waals surface area (Å²) in [7, 11) is 5.26. The molecule has 0 aromatic heterocycles. The summed E-state index contributed by atoms with van der Waals surface area (Å²) in [6, 6.07) is 16.5. The molecule has 3 rings (SSSR count). The third kappa shape index (κ3) is 7.58. The SMILES string of the molecule is COc1ccc(CCN(C)CCCN(C(=O)c2ccc([N+](=O)[O-])cc2)c2ccc(Cl)c(Cl)c2)cc1OC. The van der Waals surface area contributed by atoms with E-state index in [1.54, 1.807) is 37.3 Å². The van der Waals surface area contributed by atoms with Crippen LogP contribution >= 0.6 is 23.2 Å². The molecule has 0 N–H and O–H groups in total. The first-order valence-electron chi connectivity index (χ1n) is 11.6. The minimum absolute atomic E-state index is 0.0752. The van der Waals surface area contributed by atoms with E-state index in [1.807, 2.05) is 25.2 Å². The molecule has 0 bridgehead atoms. The second-order valence-electron chi connectivity index (χ2n) is 8.46. The van der Waals surface area contributed by atoms with Gasteiger partial charge in [0.25, 0.3) is 11.6 Å². The highest BCUT2D eigenvalue weighted by atomic mass is 35.5. The Morgan fingerprint density at radius 1 is 0.892 bits per heavy atom. The van der Waals surface area contributed by atoms with E-state index in [4.69, 9.17) is 32.7 Å². The average Bonchev–Trinajstić information content (AvgIpc) is 2.91. The highest BCUT2D eigenvalue weighted by molar-refractivity contribution is 6.42. The number of anilines is 1. The van der Waals surface area contributed by atoms with E-state index in [0.717, 1.165) is 25.1 Å². The molecular weight excluding hydrogens is 517 g/mol. The predicted molar refractivity (Wildman–Crippen MR) is 147 cm³/mol. The van der Waals surface area contributed by atoms with Crippen molar-refractivity contribution in [1.82, 2.24) is 4.90 Å². The Morgan fingerprint density at radius 3 is 2.22 bits per heavy atom. The molecule has 10 heteroatoms. The number of hydrogen-bond acceptors (Lipinski definition) is 6. The van der Waals surface area contributed by atoms with Gasteiger partial charge in [-0.2, -0.15) is 0 Å². The van der Waals surface area contributed by atoms with Crippen molar-refractivity contribution in [3.8, 4) is 11.5 Å². The molecule has 0 saturated heterocycles. The van der Waals surface area contributed by atoms with Gasteiger partial charge < -0.3 is 19.3 Å². The Bertz CT molecular complexity index is 1240. The van der Waals surface area contributed by atoms with Crippen molar-refractivity contribution in [2.24, 2.45) is 0 Å². The number of carbonyl (C=O) groups is 1. The number of rotatable bonds is 12. The number of hydrogen-bond donors (Lipinski definition) is 0. The molecule has 0 aliphatic rings. The molecule has 0 radical (unpaired) electrons. The van der Waals surface area contributed by atoms with Gasteiger partial charge in [0.15, 0.2) is 11.5 Å². The number of ether oxygens (including phenoxy) is 2. The molecule has 0 heterocycles. The van der Waals surface area contributed by atoms with Gasteiger partial charge in [-0.25, -0.2) is 0 Å². The van der Waals surface area contributed by atoms with Gasteiger partial charge in [-0.15, -0.1) is 0 Å². The zero-order valence-corrected chi connectivity index (χ0v) is 22.5. The molecule has 0 saturated carbocycles. The van der Waals surface area contributed by atoms with Gasteiger partial charge in [0.1, 0.15) is 0 Å². The van der Waals surface area contributed by atoms with Crippen molar-refractivity contribution in [1.29, 1.82) is 0 Å². The molecule has 8 nitrogen and oxygen atoms in total. The molecule has 0 aliphatic carbocycles. The molecular formula is C27H29Cl2N3O5. The summed E-state index contributed by atoms with van der Waals surface area (Å²) < 4.78 is 10.7. The van der Waals surface area contributed by atoms with E-state index in [9.17, 15) is 14.9 Å². The van der Waals surface area contributed by atoms with Gasteiger partial charge in [0.2, 0.25) is 0 Å². The Balaban J connectivity index is 1.66. The van der Waals surface area contributed by atoms with Crippen LogP contribution in [0.1, 0.15) is 22.3 Å². The van der Waals surface area contributed by atoms with Crippen LogP contribution in [0.25, 0.3) is 0 Å². The fourth-order valence-electron chi connectivity index (χ4n) is 3.85. The Morgan fingerprint density at radius 2 is 1.59 bits per heavy atom. The van der Waals surface area contributed by atoms with E-state index < -0.39 is 4.92 Å². The topological polar surface area (TPSA) is 85.2 Å². The van der Waals surface area contributed by atoms with E-state index in [-0.39, 0.29) is 11.6 Å². The van der Waals surface area contributed by atoms with Crippen molar-refractivity contribution in [2.45, 2.75) is 12.8 Å². The van der Waals surface area contributed by atoms with Crippen molar-refractivity contribution < 1.29 is 19.2 Å². The molecule has 0 spiro atoms. The largest absolute Gasteiger partial charge is 0.493 e. The molecule has 0 unspecified atom stereocenters.